The summed E-state index contributed by atoms with van der Waals surface area (Å²) in [5.74, 6) is 0. The second kappa shape index (κ2) is 5.41. The molecule has 1 saturated heterocycles. The molecular weight excluding hydrogens is 220 g/mol. The summed E-state index contributed by atoms with van der Waals surface area (Å²) in [6, 6.07) is 13.1. The number of nitrogens with one attached hydrogen (secondary N) is 1. The smallest absolute Gasteiger partial charge is 0.0236 e. The maximum atomic E-state index is 3.71. The fourth-order valence-corrected chi connectivity index (χ4v) is 3.22. The van der Waals surface area contributed by atoms with Gasteiger partial charge in [0.05, 0.1) is 0 Å². The van der Waals surface area contributed by atoms with Crippen LogP contribution in [0.1, 0.15) is 31.7 Å². The Labute approximate surface area is 110 Å². The van der Waals surface area contributed by atoms with E-state index in [0.717, 1.165) is 19.0 Å². The zero-order valence-corrected chi connectivity index (χ0v) is 11.3. The van der Waals surface area contributed by atoms with Crippen LogP contribution < -0.4 is 5.32 Å². The zero-order chi connectivity index (χ0) is 12.4. The van der Waals surface area contributed by atoms with E-state index in [9.17, 15) is 0 Å². The molecule has 18 heavy (non-hydrogen) atoms. The average Bonchev–Trinajstić information content (AvgIpc) is 2.33. The van der Waals surface area contributed by atoms with Crippen molar-refractivity contribution in [2.45, 2.75) is 50.7 Å². The van der Waals surface area contributed by atoms with Crippen LogP contribution in [0.2, 0.25) is 0 Å². The SMILES string of the molecule is CC1CNC(Cc2ccccc2)CN1C1CCC1. The Balaban J connectivity index is 1.60. The first-order valence-electron chi connectivity index (χ1n) is 7.36. The van der Waals surface area contributed by atoms with Crippen LogP contribution in [0.25, 0.3) is 0 Å². The Morgan fingerprint density at radius 3 is 2.67 bits per heavy atom. The monoisotopic (exact) mass is 244 g/mol. The van der Waals surface area contributed by atoms with Gasteiger partial charge in [-0.1, -0.05) is 36.8 Å². The minimum absolute atomic E-state index is 0.629. The van der Waals surface area contributed by atoms with Gasteiger partial charge >= 0.3 is 0 Å². The van der Waals surface area contributed by atoms with Crippen molar-refractivity contribution in [3.05, 3.63) is 35.9 Å². The van der Waals surface area contributed by atoms with Gasteiger partial charge in [0.1, 0.15) is 0 Å². The van der Waals surface area contributed by atoms with Crippen LogP contribution >= 0.6 is 0 Å². The lowest BCUT2D eigenvalue weighted by molar-refractivity contribution is 0.0501. The van der Waals surface area contributed by atoms with E-state index >= 15 is 0 Å². The van der Waals surface area contributed by atoms with Gasteiger partial charge in [0.15, 0.2) is 0 Å². The van der Waals surface area contributed by atoms with Gasteiger partial charge in [0.2, 0.25) is 0 Å². The summed E-state index contributed by atoms with van der Waals surface area (Å²) < 4.78 is 0. The number of benzene rings is 1. The fourth-order valence-electron chi connectivity index (χ4n) is 3.22. The lowest BCUT2D eigenvalue weighted by atomic mass is 9.88. The minimum atomic E-state index is 0.629. The molecule has 1 N–H and O–H groups in total. The van der Waals surface area contributed by atoms with E-state index in [4.69, 9.17) is 0 Å². The van der Waals surface area contributed by atoms with Crippen molar-refractivity contribution < 1.29 is 0 Å². The lowest BCUT2D eigenvalue weighted by Gasteiger charge is -2.46. The van der Waals surface area contributed by atoms with Gasteiger partial charge in [-0.15, -0.1) is 0 Å². The van der Waals surface area contributed by atoms with Gasteiger partial charge in [0.25, 0.3) is 0 Å². The molecular formula is C16H24N2. The molecule has 2 fully saturated rings. The molecule has 1 aliphatic heterocycles. The zero-order valence-electron chi connectivity index (χ0n) is 11.3. The highest BCUT2D eigenvalue weighted by molar-refractivity contribution is 5.16. The molecule has 0 spiro atoms. The van der Waals surface area contributed by atoms with Crippen LogP contribution in [-0.4, -0.2) is 36.1 Å². The molecule has 2 nitrogen and oxygen atoms in total. The molecule has 2 unspecified atom stereocenters. The highest BCUT2D eigenvalue weighted by atomic mass is 15.3. The molecule has 3 rings (SSSR count). The fraction of sp³-hybridized carbons (Fsp3) is 0.625. The molecule has 1 heterocycles. The maximum absolute atomic E-state index is 3.71. The van der Waals surface area contributed by atoms with Crippen LogP contribution in [-0.2, 0) is 6.42 Å². The Bertz CT molecular complexity index is 370. The van der Waals surface area contributed by atoms with E-state index in [-0.39, 0.29) is 0 Å². The topological polar surface area (TPSA) is 15.3 Å². The summed E-state index contributed by atoms with van der Waals surface area (Å²) in [6.45, 7) is 4.73. The van der Waals surface area contributed by atoms with E-state index in [2.05, 4.69) is 47.5 Å². The molecule has 1 aromatic carbocycles. The molecule has 1 aliphatic carbocycles. The Kier molecular flexibility index (Phi) is 3.67. The molecule has 0 aromatic heterocycles. The van der Waals surface area contributed by atoms with Gasteiger partial charge in [-0.05, 0) is 31.7 Å². The van der Waals surface area contributed by atoms with Crippen LogP contribution in [0.3, 0.4) is 0 Å². The van der Waals surface area contributed by atoms with Crippen LogP contribution in [0.5, 0.6) is 0 Å². The summed E-state index contributed by atoms with van der Waals surface area (Å²) in [6.07, 6.45) is 5.44. The molecule has 2 heteroatoms. The standard InChI is InChI=1S/C16H24N2/c1-13-11-17-15(10-14-6-3-2-4-7-14)12-18(13)16-8-5-9-16/h2-4,6-7,13,15-17H,5,8-12H2,1H3. The summed E-state index contributed by atoms with van der Waals surface area (Å²) in [4.78, 5) is 2.74. The molecule has 1 aromatic rings. The highest BCUT2D eigenvalue weighted by Gasteiger charge is 2.33. The van der Waals surface area contributed by atoms with Crippen molar-refractivity contribution in [1.29, 1.82) is 0 Å². The Hall–Kier alpha value is -0.860. The average molecular weight is 244 g/mol. The van der Waals surface area contributed by atoms with Crippen molar-refractivity contribution >= 4 is 0 Å². The first kappa shape index (κ1) is 12.2. The van der Waals surface area contributed by atoms with E-state index < -0.39 is 0 Å². The van der Waals surface area contributed by atoms with Crippen LogP contribution in [0.15, 0.2) is 30.3 Å². The third kappa shape index (κ3) is 2.60. The molecule has 2 atom stereocenters. The summed E-state index contributed by atoms with van der Waals surface area (Å²) in [7, 11) is 0. The van der Waals surface area contributed by atoms with E-state index in [1.54, 1.807) is 0 Å². The molecule has 0 amide bonds. The first-order valence-corrected chi connectivity index (χ1v) is 7.36. The summed E-state index contributed by atoms with van der Waals surface area (Å²) >= 11 is 0. The van der Waals surface area contributed by atoms with Crippen LogP contribution in [0.4, 0.5) is 0 Å². The third-order valence-electron chi connectivity index (χ3n) is 4.57. The van der Waals surface area contributed by atoms with Crippen molar-refractivity contribution in [2.75, 3.05) is 13.1 Å². The van der Waals surface area contributed by atoms with E-state index in [0.29, 0.717) is 12.1 Å². The largest absolute Gasteiger partial charge is 0.311 e. The number of hydrogen-bond donors (Lipinski definition) is 1. The predicted octanol–water partition coefficient (Wildman–Crippen LogP) is 2.44. The van der Waals surface area contributed by atoms with Crippen molar-refractivity contribution in [2.24, 2.45) is 0 Å². The highest BCUT2D eigenvalue weighted by Crippen LogP contribution is 2.28. The number of rotatable bonds is 3. The van der Waals surface area contributed by atoms with Crippen molar-refractivity contribution in [1.82, 2.24) is 10.2 Å². The quantitative estimate of drug-likeness (QED) is 0.878. The minimum Gasteiger partial charge on any atom is -0.311 e. The molecule has 98 valence electrons. The molecule has 2 aliphatic rings. The van der Waals surface area contributed by atoms with Gasteiger partial charge in [-0.2, -0.15) is 0 Å². The maximum Gasteiger partial charge on any atom is 0.0236 e. The third-order valence-corrected chi connectivity index (χ3v) is 4.57. The molecule has 0 radical (unpaired) electrons. The predicted molar refractivity (Wildman–Crippen MR) is 75.7 cm³/mol. The number of nitrogens with zero attached hydrogens (tertiary/aromatic N) is 1. The Morgan fingerprint density at radius 2 is 2.00 bits per heavy atom. The van der Waals surface area contributed by atoms with Crippen molar-refractivity contribution in [3.8, 4) is 0 Å². The van der Waals surface area contributed by atoms with Gasteiger partial charge in [-0.3, -0.25) is 4.90 Å². The first-order chi connectivity index (χ1) is 8.83. The molecule has 1 saturated carbocycles. The van der Waals surface area contributed by atoms with E-state index in [1.165, 1.54) is 31.4 Å². The van der Waals surface area contributed by atoms with Gasteiger partial charge in [-0.25, -0.2) is 0 Å². The molecule has 0 bridgehead atoms. The normalized spacial score (nSPS) is 30.1. The second-order valence-electron chi connectivity index (χ2n) is 5.93. The summed E-state index contributed by atoms with van der Waals surface area (Å²) in [5, 5.41) is 3.71. The van der Waals surface area contributed by atoms with Gasteiger partial charge in [0, 0.05) is 31.2 Å². The van der Waals surface area contributed by atoms with Crippen LogP contribution in [0, 0.1) is 0 Å². The van der Waals surface area contributed by atoms with E-state index in [1.807, 2.05) is 0 Å². The Morgan fingerprint density at radius 1 is 1.22 bits per heavy atom. The number of hydrogen-bond acceptors (Lipinski definition) is 2. The lowest BCUT2D eigenvalue weighted by Crippen LogP contribution is -2.60. The summed E-state index contributed by atoms with van der Waals surface area (Å²) in [5.41, 5.74) is 1.46. The number of piperazine rings is 1. The van der Waals surface area contributed by atoms with Crippen molar-refractivity contribution in [3.63, 3.8) is 0 Å². The van der Waals surface area contributed by atoms with Gasteiger partial charge < -0.3 is 5.32 Å². The second-order valence-corrected chi connectivity index (χ2v) is 5.93.